The number of hydrogen-bond acceptors (Lipinski definition) is 2. The molecule has 0 N–H and O–H groups in total. The molecule has 1 aliphatic rings. The summed E-state index contributed by atoms with van der Waals surface area (Å²) < 4.78 is 5.94. The zero-order chi connectivity index (χ0) is 13.8. The van der Waals surface area contributed by atoms with Gasteiger partial charge in [0, 0.05) is 0 Å². The number of carbonyl (C=O) groups excluding carboxylic acids is 1. The fourth-order valence-corrected chi connectivity index (χ4v) is 2.38. The van der Waals surface area contributed by atoms with E-state index in [1.807, 2.05) is 27.7 Å². The summed E-state index contributed by atoms with van der Waals surface area (Å²) in [6.07, 6.45) is 7.42. The highest BCUT2D eigenvalue weighted by Crippen LogP contribution is 2.38. The lowest BCUT2D eigenvalue weighted by Gasteiger charge is -2.36. The van der Waals surface area contributed by atoms with Gasteiger partial charge >= 0.3 is 5.97 Å². The van der Waals surface area contributed by atoms with Crippen molar-refractivity contribution in [3.8, 4) is 0 Å². The van der Waals surface area contributed by atoms with Crippen molar-refractivity contribution in [2.45, 2.75) is 78.2 Å². The topological polar surface area (TPSA) is 26.3 Å². The predicted octanol–water partition coefficient (Wildman–Crippen LogP) is 4.63. The molecule has 0 aromatic carbocycles. The van der Waals surface area contributed by atoms with Gasteiger partial charge in [0.2, 0.25) is 0 Å². The lowest BCUT2D eigenvalue weighted by molar-refractivity contribution is -0.168. The third kappa shape index (κ3) is 3.37. The van der Waals surface area contributed by atoms with Crippen LogP contribution >= 0.6 is 0 Å². The summed E-state index contributed by atoms with van der Waals surface area (Å²) in [6.45, 7) is 12.0. The van der Waals surface area contributed by atoms with E-state index >= 15 is 0 Å². The minimum absolute atomic E-state index is 0.0742. The van der Waals surface area contributed by atoms with E-state index in [2.05, 4.69) is 6.58 Å². The van der Waals surface area contributed by atoms with Gasteiger partial charge < -0.3 is 4.74 Å². The lowest BCUT2D eigenvalue weighted by Crippen LogP contribution is -2.40. The summed E-state index contributed by atoms with van der Waals surface area (Å²) in [4.78, 5) is 12.3. The molecule has 0 bridgehead atoms. The highest BCUT2D eigenvalue weighted by atomic mass is 16.6. The Morgan fingerprint density at radius 3 is 2.11 bits per heavy atom. The summed E-state index contributed by atoms with van der Waals surface area (Å²) in [6, 6.07) is 0. The summed E-state index contributed by atoms with van der Waals surface area (Å²) in [7, 11) is 0. The molecule has 2 nitrogen and oxygen atoms in total. The Bertz CT molecular complexity index is 307. The molecule has 0 spiro atoms. The molecule has 0 radical (unpaired) electrons. The largest absolute Gasteiger partial charge is 0.454 e. The minimum Gasteiger partial charge on any atom is -0.454 e. The minimum atomic E-state index is -0.403. The molecular formula is C16H28O2. The Hall–Kier alpha value is -0.790. The quantitative estimate of drug-likeness (QED) is 0.414. The van der Waals surface area contributed by atoms with Crippen molar-refractivity contribution < 1.29 is 9.53 Å². The molecule has 0 amide bonds. The first-order chi connectivity index (χ1) is 8.34. The molecule has 0 aliphatic heterocycles. The van der Waals surface area contributed by atoms with Gasteiger partial charge in [-0.25, -0.2) is 0 Å². The van der Waals surface area contributed by atoms with Crippen LogP contribution in [-0.4, -0.2) is 11.6 Å². The van der Waals surface area contributed by atoms with Crippen molar-refractivity contribution in [2.75, 3.05) is 0 Å². The van der Waals surface area contributed by atoms with Crippen LogP contribution in [0.3, 0.4) is 0 Å². The van der Waals surface area contributed by atoms with Gasteiger partial charge in [0.05, 0.1) is 5.41 Å². The molecule has 0 aromatic heterocycles. The number of rotatable bonds is 4. The van der Waals surface area contributed by atoms with Gasteiger partial charge in [-0.3, -0.25) is 4.79 Å². The third-order valence-electron chi connectivity index (χ3n) is 4.41. The van der Waals surface area contributed by atoms with Crippen LogP contribution < -0.4 is 0 Å². The van der Waals surface area contributed by atoms with E-state index in [4.69, 9.17) is 4.74 Å². The van der Waals surface area contributed by atoms with Crippen molar-refractivity contribution >= 4 is 5.97 Å². The third-order valence-corrected chi connectivity index (χ3v) is 4.41. The zero-order valence-corrected chi connectivity index (χ0v) is 12.5. The molecule has 104 valence electrons. The van der Waals surface area contributed by atoms with E-state index < -0.39 is 11.0 Å². The van der Waals surface area contributed by atoms with Gasteiger partial charge in [0.25, 0.3) is 0 Å². The van der Waals surface area contributed by atoms with Crippen molar-refractivity contribution in [1.29, 1.82) is 0 Å². The van der Waals surface area contributed by atoms with E-state index in [0.717, 1.165) is 37.7 Å². The zero-order valence-electron chi connectivity index (χ0n) is 12.5. The second-order valence-corrected chi connectivity index (χ2v) is 6.32. The number of hydrogen-bond donors (Lipinski definition) is 0. The second-order valence-electron chi connectivity index (χ2n) is 6.32. The molecule has 1 rings (SSSR count). The van der Waals surface area contributed by atoms with Crippen LogP contribution in [-0.2, 0) is 9.53 Å². The maximum atomic E-state index is 12.3. The van der Waals surface area contributed by atoms with Crippen molar-refractivity contribution in [3.63, 3.8) is 0 Å². The predicted molar refractivity (Wildman–Crippen MR) is 75.4 cm³/mol. The van der Waals surface area contributed by atoms with Crippen LogP contribution in [0.15, 0.2) is 12.2 Å². The molecule has 0 unspecified atom stereocenters. The highest BCUT2D eigenvalue weighted by molar-refractivity contribution is 5.76. The number of carbonyl (C=O) groups is 1. The molecule has 0 aromatic rings. The molecule has 18 heavy (non-hydrogen) atoms. The first-order valence-corrected chi connectivity index (χ1v) is 7.23. The molecule has 0 atom stereocenters. The average Bonchev–Trinajstić information content (AvgIpc) is 2.55. The normalized spacial score (nSPS) is 20.0. The van der Waals surface area contributed by atoms with Crippen LogP contribution in [0.2, 0.25) is 0 Å². The van der Waals surface area contributed by atoms with Crippen molar-refractivity contribution in [1.82, 2.24) is 0 Å². The van der Waals surface area contributed by atoms with E-state index in [0.29, 0.717) is 0 Å². The SMILES string of the molecule is C=C(C)C1(OC(=O)C(C)(C)CC)CCCCCC1. The van der Waals surface area contributed by atoms with Crippen LogP contribution in [0.4, 0.5) is 0 Å². The number of esters is 1. The summed E-state index contributed by atoms with van der Waals surface area (Å²) in [5.74, 6) is -0.0742. The Morgan fingerprint density at radius 1 is 1.22 bits per heavy atom. The van der Waals surface area contributed by atoms with Crippen LogP contribution in [0.5, 0.6) is 0 Å². The molecule has 1 fully saturated rings. The van der Waals surface area contributed by atoms with Crippen molar-refractivity contribution in [3.05, 3.63) is 12.2 Å². The molecule has 0 heterocycles. The van der Waals surface area contributed by atoms with Gasteiger partial charge in [-0.1, -0.05) is 26.3 Å². The van der Waals surface area contributed by atoms with E-state index in [9.17, 15) is 4.79 Å². The summed E-state index contributed by atoms with van der Waals surface area (Å²) >= 11 is 0. The van der Waals surface area contributed by atoms with Crippen molar-refractivity contribution in [2.24, 2.45) is 5.41 Å². The standard InChI is InChI=1S/C16H28O2/c1-6-15(4,5)14(17)18-16(13(2)3)11-9-7-8-10-12-16/h2,6-12H2,1,3-5H3. The van der Waals surface area contributed by atoms with E-state index in [-0.39, 0.29) is 5.97 Å². The molecule has 2 heteroatoms. The first kappa shape index (κ1) is 15.3. The van der Waals surface area contributed by atoms with Crippen LogP contribution in [0.25, 0.3) is 0 Å². The second kappa shape index (κ2) is 5.90. The van der Waals surface area contributed by atoms with Gasteiger partial charge in [-0.05, 0) is 58.4 Å². The first-order valence-electron chi connectivity index (χ1n) is 7.23. The van der Waals surface area contributed by atoms with Crippen LogP contribution in [0.1, 0.15) is 72.6 Å². The van der Waals surface area contributed by atoms with Gasteiger partial charge in [-0.15, -0.1) is 0 Å². The van der Waals surface area contributed by atoms with E-state index in [1.54, 1.807) is 0 Å². The summed E-state index contributed by atoms with van der Waals surface area (Å²) in [5.41, 5.74) is 0.207. The van der Waals surface area contributed by atoms with Gasteiger partial charge in [-0.2, -0.15) is 0 Å². The molecule has 0 saturated heterocycles. The lowest BCUT2D eigenvalue weighted by atomic mass is 9.85. The molecular weight excluding hydrogens is 224 g/mol. The maximum Gasteiger partial charge on any atom is 0.312 e. The average molecular weight is 252 g/mol. The Morgan fingerprint density at radius 2 is 1.72 bits per heavy atom. The Labute approximate surface area is 112 Å². The van der Waals surface area contributed by atoms with Gasteiger partial charge in [0.1, 0.15) is 5.60 Å². The van der Waals surface area contributed by atoms with Crippen LogP contribution in [0, 0.1) is 5.41 Å². The molecule has 1 saturated carbocycles. The van der Waals surface area contributed by atoms with E-state index in [1.165, 1.54) is 12.8 Å². The fourth-order valence-electron chi connectivity index (χ4n) is 2.38. The monoisotopic (exact) mass is 252 g/mol. The highest BCUT2D eigenvalue weighted by Gasteiger charge is 2.39. The maximum absolute atomic E-state index is 12.3. The summed E-state index contributed by atoms with van der Waals surface area (Å²) in [5, 5.41) is 0. The molecule has 1 aliphatic carbocycles. The fraction of sp³-hybridized carbons (Fsp3) is 0.812. The Kier molecular flexibility index (Phi) is 5.01. The number of ether oxygens (including phenoxy) is 1. The van der Waals surface area contributed by atoms with Gasteiger partial charge in [0.15, 0.2) is 0 Å². The Balaban J connectivity index is 2.86. The smallest absolute Gasteiger partial charge is 0.312 e.